The van der Waals surface area contributed by atoms with Gasteiger partial charge in [0, 0.05) is 19.0 Å². The third-order valence-electron chi connectivity index (χ3n) is 3.34. The molecule has 0 aromatic heterocycles. The minimum absolute atomic E-state index is 0.0324. The van der Waals surface area contributed by atoms with E-state index in [4.69, 9.17) is 11.5 Å². The van der Waals surface area contributed by atoms with Gasteiger partial charge in [0.25, 0.3) is 0 Å². The Morgan fingerprint density at radius 2 is 2.12 bits per heavy atom. The molecular weight excluding hydrogens is 210 g/mol. The van der Waals surface area contributed by atoms with Gasteiger partial charge in [0.05, 0.1) is 6.34 Å². The van der Waals surface area contributed by atoms with Gasteiger partial charge in [0.1, 0.15) is 0 Å². The van der Waals surface area contributed by atoms with Crippen molar-refractivity contribution in [2.75, 3.05) is 20.1 Å². The third kappa shape index (κ3) is 1.28. The van der Waals surface area contributed by atoms with Gasteiger partial charge < -0.3 is 21.7 Å². The smallest absolute Gasteiger partial charge is 0.246 e. The number of amides is 2. The molecule has 0 aromatic rings. The van der Waals surface area contributed by atoms with E-state index in [0.717, 1.165) is 0 Å². The molecule has 2 aliphatic rings. The molecule has 0 aliphatic carbocycles. The van der Waals surface area contributed by atoms with E-state index in [-0.39, 0.29) is 5.92 Å². The summed E-state index contributed by atoms with van der Waals surface area (Å²) < 4.78 is 0. The van der Waals surface area contributed by atoms with Gasteiger partial charge in [-0.25, -0.2) is 0 Å². The number of primary amides is 2. The van der Waals surface area contributed by atoms with Crippen molar-refractivity contribution in [2.24, 2.45) is 22.4 Å². The van der Waals surface area contributed by atoms with Gasteiger partial charge in [0.15, 0.2) is 11.6 Å². The summed E-state index contributed by atoms with van der Waals surface area (Å²) >= 11 is 0. The summed E-state index contributed by atoms with van der Waals surface area (Å²) in [6.45, 7) is 1.39. The minimum Gasteiger partial charge on any atom is -0.368 e. The molecule has 2 amide bonds. The van der Waals surface area contributed by atoms with Gasteiger partial charge in [-0.2, -0.15) is 0 Å². The molecule has 2 atom stereocenters. The number of nitrogens with one attached hydrogen (secondary N) is 1. The summed E-state index contributed by atoms with van der Waals surface area (Å²) in [7, 11) is 1.93. The lowest BCUT2D eigenvalue weighted by Gasteiger charge is -2.47. The predicted molar refractivity (Wildman–Crippen MR) is 57.5 cm³/mol. The van der Waals surface area contributed by atoms with Crippen LogP contribution in [-0.2, 0) is 9.59 Å². The van der Waals surface area contributed by atoms with Gasteiger partial charge in [-0.1, -0.05) is 0 Å². The van der Waals surface area contributed by atoms with Crippen molar-refractivity contribution in [3.63, 3.8) is 0 Å². The zero-order valence-electron chi connectivity index (χ0n) is 9.01. The van der Waals surface area contributed by atoms with Crippen molar-refractivity contribution >= 4 is 18.2 Å². The van der Waals surface area contributed by atoms with E-state index in [1.54, 1.807) is 0 Å². The number of aliphatic imine (C=N–C) groups is 1. The molecule has 0 bridgehead atoms. The van der Waals surface area contributed by atoms with Gasteiger partial charge in [-0.05, 0) is 7.05 Å². The van der Waals surface area contributed by atoms with Crippen molar-refractivity contribution in [3.05, 3.63) is 0 Å². The van der Waals surface area contributed by atoms with Gasteiger partial charge in [-0.3, -0.25) is 14.6 Å². The number of hydrogen-bond donors (Lipinski definition) is 3. The van der Waals surface area contributed by atoms with E-state index in [0.29, 0.717) is 13.1 Å². The number of carbonyl (C=O) groups excluding carboxylic acids is 2. The van der Waals surface area contributed by atoms with Crippen molar-refractivity contribution in [1.29, 1.82) is 0 Å². The number of hydrogen-bond acceptors (Lipinski definition) is 5. The van der Waals surface area contributed by atoms with Crippen LogP contribution in [0.2, 0.25) is 0 Å². The zero-order valence-corrected chi connectivity index (χ0v) is 9.01. The Labute approximate surface area is 92.9 Å². The maximum absolute atomic E-state index is 11.6. The topological polar surface area (TPSA) is 114 Å². The van der Waals surface area contributed by atoms with Crippen LogP contribution in [0.25, 0.3) is 0 Å². The molecule has 0 spiro atoms. The lowest BCUT2D eigenvalue weighted by atomic mass is 9.73. The molecule has 88 valence electrons. The average molecular weight is 225 g/mol. The molecule has 2 unspecified atom stereocenters. The van der Waals surface area contributed by atoms with Crippen LogP contribution in [0.5, 0.6) is 0 Å². The van der Waals surface area contributed by atoms with Crippen LogP contribution in [-0.4, -0.2) is 54.8 Å². The number of nitrogens with two attached hydrogens (primary N) is 2. The fourth-order valence-corrected chi connectivity index (χ4v) is 2.45. The monoisotopic (exact) mass is 225 g/mol. The molecule has 0 radical (unpaired) electrons. The van der Waals surface area contributed by atoms with E-state index in [9.17, 15) is 9.59 Å². The Hall–Kier alpha value is -1.63. The van der Waals surface area contributed by atoms with Crippen LogP contribution in [0.3, 0.4) is 0 Å². The van der Waals surface area contributed by atoms with Crippen LogP contribution in [0.4, 0.5) is 0 Å². The lowest BCUT2D eigenvalue weighted by molar-refractivity contribution is -0.135. The van der Waals surface area contributed by atoms with Crippen LogP contribution in [0.15, 0.2) is 4.99 Å². The summed E-state index contributed by atoms with van der Waals surface area (Å²) in [5, 5.41) is 2.83. The summed E-state index contributed by atoms with van der Waals surface area (Å²) in [6.07, 6.45) is 1.35. The van der Waals surface area contributed by atoms with Crippen LogP contribution >= 0.6 is 0 Å². The summed E-state index contributed by atoms with van der Waals surface area (Å²) in [5.74, 6) is -1.24. The molecule has 0 aromatic carbocycles. The van der Waals surface area contributed by atoms with Crippen molar-refractivity contribution in [1.82, 2.24) is 10.2 Å². The molecule has 7 heteroatoms. The maximum atomic E-state index is 11.6. The molecule has 2 aliphatic heterocycles. The maximum Gasteiger partial charge on any atom is 0.246 e. The first-order valence-corrected chi connectivity index (χ1v) is 5.05. The van der Waals surface area contributed by atoms with E-state index < -0.39 is 23.4 Å². The fraction of sp³-hybridized carbons (Fsp3) is 0.667. The number of carbonyl (C=O) groups is 2. The molecule has 0 saturated carbocycles. The Balaban J connectivity index is 2.29. The van der Waals surface area contributed by atoms with E-state index in [1.165, 1.54) is 6.34 Å². The quantitative estimate of drug-likeness (QED) is 0.483. The van der Waals surface area contributed by atoms with E-state index in [1.807, 2.05) is 11.9 Å². The lowest BCUT2D eigenvalue weighted by Crippen LogP contribution is -2.72. The molecule has 7 nitrogen and oxygen atoms in total. The zero-order chi connectivity index (χ0) is 11.9. The minimum atomic E-state index is -1.14. The molecule has 16 heavy (non-hydrogen) atoms. The van der Waals surface area contributed by atoms with Gasteiger partial charge in [-0.15, -0.1) is 0 Å². The number of rotatable bonds is 3. The predicted octanol–water partition coefficient (Wildman–Crippen LogP) is -2.74. The molecule has 5 N–H and O–H groups in total. The number of nitrogens with zero attached hydrogens (tertiary/aromatic N) is 2. The van der Waals surface area contributed by atoms with Crippen molar-refractivity contribution < 1.29 is 9.59 Å². The first-order valence-electron chi connectivity index (χ1n) is 5.05. The first-order chi connectivity index (χ1) is 7.48. The highest BCUT2D eigenvalue weighted by molar-refractivity contribution is 5.99. The van der Waals surface area contributed by atoms with Crippen molar-refractivity contribution in [2.45, 2.75) is 11.6 Å². The second-order valence-corrected chi connectivity index (χ2v) is 4.38. The molecule has 2 heterocycles. The average Bonchev–Trinajstić information content (AvgIpc) is 2.57. The van der Waals surface area contributed by atoms with Gasteiger partial charge >= 0.3 is 0 Å². The van der Waals surface area contributed by atoms with Crippen LogP contribution in [0, 0.1) is 5.92 Å². The fourth-order valence-electron chi connectivity index (χ4n) is 2.45. The number of likely N-dealkylation sites (tertiary alicyclic amines) is 1. The Morgan fingerprint density at radius 3 is 2.56 bits per heavy atom. The highest BCUT2D eigenvalue weighted by Gasteiger charge is 2.57. The summed E-state index contributed by atoms with van der Waals surface area (Å²) in [4.78, 5) is 28.9. The molecule has 1 saturated heterocycles. The Kier molecular flexibility index (Phi) is 2.34. The van der Waals surface area contributed by atoms with E-state index in [2.05, 4.69) is 10.3 Å². The first kappa shape index (κ1) is 10.9. The standard InChI is InChI=1S/C9H15N5O2/c1-14-2-5(3-14)9(8(11)16)6(7(10)15)12-4-13-9/h4-6H,2-3H2,1H3,(H2,10,15)(H2,11,16)(H,12,13). The SMILES string of the molecule is CN1CC(C2(C(N)=O)NC=NC2C(N)=O)C1. The highest BCUT2D eigenvalue weighted by atomic mass is 16.2. The van der Waals surface area contributed by atoms with Crippen LogP contribution < -0.4 is 16.8 Å². The molecule has 1 fully saturated rings. The molecular formula is C9H15N5O2. The third-order valence-corrected chi connectivity index (χ3v) is 3.34. The highest BCUT2D eigenvalue weighted by Crippen LogP contribution is 2.32. The summed E-state index contributed by atoms with van der Waals surface area (Å²) in [6, 6.07) is -0.899. The van der Waals surface area contributed by atoms with Gasteiger partial charge in [0.2, 0.25) is 11.8 Å². The second-order valence-electron chi connectivity index (χ2n) is 4.38. The van der Waals surface area contributed by atoms with Crippen LogP contribution in [0.1, 0.15) is 0 Å². The second kappa shape index (κ2) is 3.44. The largest absolute Gasteiger partial charge is 0.368 e. The normalized spacial score (nSPS) is 34.4. The molecule has 2 rings (SSSR count). The van der Waals surface area contributed by atoms with Crippen molar-refractivity contribution in [3.8, 4) is 0 Å². The summed E-state index contributed by atoms with van der Waals surface area (Å²) in [5.41, 5.74) is 9.52. The Morgan fingerprint density at radius 1 is 1.50 bits per heavy atom. The Bertz CT molecular complexity index is 363. The van der Waals surface area contributed by atoms with E-state index >= 15 is 0 Å².